The lowest BCUT2D eigenvalue weighted by molar-refractivity contribution is -0.157. The second-order valence-electron chi connectivity index (χ2n) is 5.24. The maximum Gasteiger partial charge on any atom is 0.406 e. The number of anilines is 2. The fourth-order valence-corrected chi connectivity index (χ4v) is 2.53. The molecule has 1 aliphatic rings. The molecule has 0 radical (unpaired) electrons. The fourth-order valence-electron chi connectivity index (χ4n) is 2.53. The SMILES string of the molecule is CN(CC(F)(F)F)C(=O)CN1CCCc2c(N)cccc21. The van der Waals surface area contributed by atoms with Gasteiger partial charge in [-0.2, -0.15) is 13.2 Å². The zero-order valence-corrected chi connectivity index (χ0v) is 11.8. The van der Waals surface area contributed by atoms with Crippen molar-refractivity contribution in [2.24, 2.45) is 0 Å². The zero-order valence-electron chi connectivity index (χ0n) is 11.8. The van der Waals surface area contributed by atoms with E-state index in [1.165, 1.54) is 7.05 Å². The Bertz CT molecular complexity index is 531. The number of nitrogen functional groups attached to an aromatic ring is 1. The van der Waals surface area contributed by atoms with Gasteiger partial charge in [0.1, 0.15) is 6.54 Å². The Kier molecular flexibility index (Phi) is 4.29. The van der Waals surface area contributed by atoms with E-state index in [4.69, 9.17) is 5.73 Å². The van der Waals surface area contributed by atoms with Gasteiger partial charge in [0.2, 0.25) is 5.91 Å². The second kappa shape index (κ2) is 5.83. The molecule has 0 saturated heterocycles. The Hall–Kier alpha value is -1.92. The van der Waals surface area contributed by atoms with E-state index in [1.54, 1.807) is 17.0 Å². The number of amides is 1. The standard InChI is InChI=1S/C14H18F3N3O/c1-19(9-14(15,16)17)13(21)8-20-7-3-4-10-11(18)5-2-6-12(10)20/h2,5-6H,3-4,7-9,18H2,1H3. The summed E-state index contributed by atoms with van der Waals surface area (Å²) in [5.74, 6) is -0.553. The van der Waals surface area contributed by atoms with Crippen LogP contribution in [0.1, 0.15) is 12.0 Å². The molecule has 2 N–H and O–H groups in total. The molecule has 4 nitrogen and oxygen atoms in total. The van der Waals surface area contributed by atoms with E-state index in [9.17, 15) is 18.0 Å². The summed E-state index contributed by atoms with van der Waals surface area (Å²) in [5, 5.41) is 0. The van der Waals surface area contributed by atoms with Gasteiger partial charge in [0.15, 0.2) is 0 Å². The molecule has 7 heteroatoms. The average molecular weight is 301 g/mol. The molecule has 1 heterocycles. The monoisotopic (exact) mass is 301 g/mol. The molecular weight excluding hydrogens is 283 g/mol. The van der Waals surface area contributed by atoms with Crippen molar-refractivity contribution in [3.8, 4) is 0 Å². The number of hydrogen-bond donors (Lipinski definition) is 1. The van der Waals surface area contributed by atoms with Gasteiger partial charge in [-0.1, -0.05) is 6.07 Å². The smallest absolute Gasteiger partial charge is 0.398 e. The number of carbonyl (C=O) groups is 1. The van der Waals surface area contributed by atoms with Crippen molar-refractivity contribution in [1.29, 1.82) is 0 Å². The van der Waals surface area contributed by atoms with Crippen LogP contribution in [-0.2, 0) is 11.2 Å². The molecule has 0 fully saturated rings. The Morgan fingerprint density at radius 3 is 2.81 bits per heavy atom. The average Bonchev–Trinajstić information content (AvgIpc) is 2.38. The number of fused-ring (bicyclic) bond motifs is 1. The van der Waals surface area contributed by atoms with E-state index in [1.807, 2.05) is 6.07 Å². The van der Waals surface area contributed by atoms with Crippen LogP contribution in [0.4, 0.5) is 24.5 Å². The van der Waals surface area contributed by atoms with Gasteiger partial charge in [0.05, 0.1) is 6.54 Å². The van der Waals surface area contributed by atoms with Crippen LogP contribution >= 0.6 is 0 Å². The molecule has 0 spiro atoms. The first kappa shape index (κ1) is 15.5. The van der Waals surface area contributed by atoms with Crippen LogP contribution < -0.4 is 10.6 Å². The molecule has 0 saturated carbocycles. The fraction of sp³-hybridized carbons (Fsp3) is 0.500. The largest absolute Gasteiger partial charge is 0.406 e. The van der Waals surface area contributed by atoms with Crippen molar-refractivity contribution in [3.63, 3.8) is 0 Å². The summed E-state index contributed by atoms with van der Waals surface area (Å²) < 4.78 is 36.9. The summed E-state index contributed by atoms with van der Waals surface area (Å²) in [6.45, 7) is -0.658. The number of likely N-dealkylation sites (N-methyl/N-ethyl adjacent to an activating group) is 1. The Morgan fingerprint density at radius 2 is 2.14 bits per heavy atom. The third kappa shape index (κ3) is 3.80. The third-order valence-electron chi connectivity index (χ3n) is 3.55. The Balaban J connectivity index is 2.08. The number of nitrogens with two attached hydrogens (primary N) is 1. The predicted octanol–water partition coefficient (Wildman–Crippen LogP) is 2.04. The normalized spacial score (nSPS) is 14.8. The number of alkyl halides is 3. The van der Waals surface area contributed by atoms with Crippen molar-refractivity contribution in [2.75, 3.05) is 37.3 Å². The second-order valence-corrected chi connectivity index (χ2v) is 5.24. The quantitative estimate of drug-likeness (QED) is 0.869. The van der Waals surface area contributed by atoms with Crippen molar-refractivity contribution < 1.29 is 18.0 Å². The highest BCUT2D eigenvalue weighted by atomic mass is 19.4. The van der Waals surface area contributed by atoms with Gasteiger partial charge in [-0.05, 0) is 30.5 Å². The minimum absolute atomic E-state index is 0.0664. The molecule has 1 aliphatic heterocycles. The maximum atomic E-state index is 12.3. The molecule has 2 rings (SSSR count). The lowest BCUT2D eigenvalue weighted by Gasteiger charge is -2.32. The van der Waals surface area contributed by atoms with E-state index in [0.717, 1.165) is 24.1 Å². The summed E-state index contributed by atoms with van der Waals surface area (Å²) in [7, 11) is 1.17. The van der Waals surface area contributed by atoms with Gasteiger partial charge in [-0.25, -0.2) is 0 Å². The number of benzene rings is 1. The van der Waals surface area contributed by atoms with E-state index < -0.39 is 18.6 Å². The molecule has 116 valence electrons. The third-order valence-corrected chi connectivity index (χ3v) is 3.55. The van der Waals surface area contributed by atoms with Gasteiger partial charge < -0.3 is 15.5 Å². The van der Waals surface area contributed by atoms with Gasteiger partial charge >= 0.3 is 6.18 Å². The van der Waals surface area contributed by atoms with Gasteiger partial charge in [-0.3, -0.25) is 4.79 Å². The summed E-state index contributed by atoms with van der Waals surface area (Å²) in [4.78, 5) is 14.4. The van der Waals surface area contributed by atoms with Crippen LogP contribution in [0.25, 0.3) is 0 Å². The minimum atomic E-state index is -4.38. The maximum absolute atomic E-state index is 12.3. The molecule has 21 heavy (non-hydrogen) atoms. The van der Waals surface area contributed by atoms with Crippen molar-refractivity contribution in [1.82, 2.24) is 4.90 Å². The number of hydrogen-bond acceptors (Lipinski definition) is 3. The molecule has 0 bridgehead atoms. The number of rotatable bonds is 3. The van der Waals surface area contributed by atoms with Crippen LogP contribution in [0.15, 0.2) is 18.2 Å². The number of carbonyl (C=O) groups excluding carboxylic acids is 1. The Morgan fingerprint density at radius 1 is 1.43 bits per heavy atom. The van der Waals surface area contributed by atoms with E-state index in [-0.39, 0.29) is 6.54 Å². The molecule has 0 aromatic heterocycles. The lowest BCUT2D eigenvalue weighted by atomic mass is 10.00. The molecule has 0 unspecified atom stereocenters. The zero-order chi connectivity index (χ0) is 15.6. The first-order valence-electron chi connectivity index (χ1n) is 6.71. The Labute approximate surface area is 121 Å². The molecule has 0 atom stereocenters. The molecular formula is C14H18F3N3O. The number of halogens is 3. The van der Waals surface area contributed by atoms with Crippen molar-refractivity contribution >= 4 is 17.3 Å². The van der Waals surface area contributed by atoms with Gasteiger partial charge in [0.25, 0.3) is 0 Å². The summed E-state index contributed by atoms with van der Waals surface area (Å²) >= 11 is 0. The highest BCUT2D eigenvalue weighted by molar-refractivity contribution is 5.82. The first-order valence-corrected chi connectivity index (χ1v) is 6.71. The molecule has 1 aromatic carbocycles. The van der Waals surface area contributed by atoms with Crippen molar-refractivity contribution in [2.45, 2.75) is 19.0 Å². The molecule has 0 aliphatic carbocycles. The van der Waals surface area contributed by atoms with Gasteiger partial charge in [0, 0.05) is 25.0 Å². The van der Waals surface area contributed by atoms with Crippen LogP contribution in [-0.4, -0.2) is 43.7 Å². The molecule has 1 amide bonds. The highest BCUT2D eigenvalue weighted by Gasteiger charge is 2.32. The van der Waals surface area contributed by atoms with Crippen LogP contribution in [0.5, 0.6) is 0 Å². The number of nitrogens with zero attached hydrogens (tertiary/aromatic N) is 2. The minimum Gasteiger partial charge on any atom is -0.398 e. The van der Waals surface area contributed by atoms with Crippen LogP contribution in [0.3, 0.4) is 0 Å². The first-order chi connectivity index (χ1) is 9.78. The summed E-state index contributed by atoms with van der Waals surface area (Å²) in [6.07, 6.45) is -2.72. The lowest BCUT2D eigenvalue weighted by Crippen LogP contribution is -2.43. The topological polar surface area (TPSA) is 49.6 Å². The van der Waals surface area contributed by atoms with Crippen LogP contribution in [0.2, 0.25) is 0 Å². The molecule has 1 aromatic rings. The van der Waals surface area contributed by atoms with E-state index in [2.05, 4.69) is 0 Å². The summed E-state index contributed by atoms with van der Waals surface area (Å²) in [6, 6.07) is 5.43. The van der Waals surface area contributed by atoms with E-state index >= 15 is 0 Å². The van der Waals surface area contributed by atoms with E-state index in [0.29, 0.717) is 17.1 Å². The van der Waals surface area contributed by atoms with Crippen molar-refractivity contribution in [3.05, 3.63) is 23.8 Å². The predicted molar refractivity (Wildman–Crippen MR) is 75.1 cm³/mol. The van der Waals surface area contributed by atoms with Crippen LogP contribution in [0, 0.1) is 0 Å². The van der Waals surface area contributed by atoms with Gasteiger partial charge in [-0.15, -0.1) is 0 Å². The highest BCUT2D eigenvalue weighted by Crippen LogP contribution is 2.31. The summed E-state index contributed by atoms with van der Waals surface area (Å²) in [5.41, 5.74) is 8.38.